The topological polar surface area (TPSA) is 20.3 Å². The van der Waals surface area contributed by atoms with Crippen LogP contribution in [0.2, 0.25) is 0 Å². The van der Waals surface area contributed by atoms with Gasteiger partial charge in [-0.2, -0.15) is 11.8 Å². The third-order valence-electron chi connectivity index (χ3n) is 2.29. The lowest BCUT2D eigenvalue weighted by atomic mass is 10.1. The lowest BCUT2D eigenvalue weighted by Crippen LogP contribution is -2.39. The van der Waals surface area contributed by atoms with Gasteiger partial charge < -0.3 is 4.90 Å². The van der Waals surface area contributed by atoms with Gasteiger partial charge in [0.2, 0.25) is 0 Å². The fourth-order valence-electron chi connectivity index (χ4n) is 1.47. The Balaban J connectivity index is 2.41. The minimum absolute atomic E-state index is 0.110. The molecule has 1 heterocycles. The maximum absolute atomic E-state index is 11.4. The summed E-state index contributed by atoms with van der Waals surface area (Å²) < 4.78 is 0. The standard InChI is InChI=1S/C9H14ClNOS/c1-7(10)9(12)11-5-3-8(13-2)4-6-11/h8H,1,3-6H2,2H3. The molecule has 0 radical (unpaired) electrons. The van der Waals surface area contributed by atoms with E-state index >= 15 is 0 Å². The smallest absolute Gasteiger partial charge is 0.264 e. The molecule has 0 aromatic rings. The Hall–Kier alpha value is -0.150. The SMILES string of the molecule is C=C(Cl)C(=O)N1CCC(SC)CC1. The van der Waals surface area contributed by atoms with Crippen molar-refractivity contribution in [2.24, 2.45) is 0 Å². The predicted octanol–water partition coefficient (Wildman–Crippen LogP) is 2.09. The molecule has 0 spiro atoms. The van der Waals surface area contributed by atoms with Crippen LogP contribution in [0.1, 0.15) is 12.8 Å². The van der Waals surface area contributed by atoms with E-state index in [0.29, 0.717) is 5.25 Å². The Morgan fingerprint density at radius 1 is 1.54 bits per heavy atom. The summed E-state index contributed by atoms with van der Waals surface area (Å²) in [5, 5.41) is 0.829. The first-order chi connectivity index (χ1) is 6.15. The number of thioether (sulfide) groups is 1. The molecule has 0 aromatic heterocycles. The summed E-state index contributed by atoms with van der Waals surface area (Å²) >= 11 is 7.42. The molecule has 0 N–H and O–H groups in total. The van der Waals surface area contributed by atoms with Crippen LogP contribution < -0.4 is 0 Å². The van der Waals surface area contributed by atoms with E-state index in [-0.39, 0.29) is 10.9 Å². The molecule has 0 bridgehead atoms. The molecule has 0 unspecified atom stereocenters. The Labute approximate surface area is 88.3 Å². The van der Waals surface area contributed by atoms with Gasteiger partial charge in [0.15, 0.2) is 0 Å². The molecule has 74 valence electrons. The molecular formula is C9H14ClNOS. The van der Waals surface area contributed by atoms with Gasteiger partial charge in [0, 0.05) is 18.3 Å². The molecule has 1 rings (SSSR count). The molecular weight excluding hydrogens is 206 g/mol. The summed E-state index contributed by atoms with van der Waals surface area (Å²) in [6.45, 7) is 5.07. The number of halogens is 1. The van der Waals surface area contributed by atoms with Crippen LogP contribution in [0.4, 0.5) is 0 Å². The van der Waals surface area contributed by atoms with E-state index in [0.717, 1.165) is 25.9 Å². The van der Waals surface area contributed by atoms with Crippen LogP contribution in [0, 0.1) is 0 Å². The van der Waals surface area contributed by atoms with E-state index in [1.165, 1.54) is 0 Å². The molecule has 0 aliphatic carbocycles. The summed E-state index contributed by atoms with van der Waals surface area (Å²) in [5.74, 6) is -0.110. The summed E-state index contributed by atoms with van der Waals surface area (Å²) in [4.78, 5) is 13.2. The molecule has 0 saturated carbocycles. The van der Waals surface area contributed by atoms with E-state index < -0.39 is 0 Å². The third kappa shape index (κ3) is 2.92. The summed E-state index contributed by atoms with van der Waals surface area (Å²) in [5.41, 5.74) is 0. The summed E-state index contributed by atoms with van der Waals surface area (Å²) in [7, 11) is 0. The number of nitrogens with zero attached hydrogens (tertiary/aromatic N) is 1. The van der Waals surface area contributed by atoms with Crippen molar-refractivity contribution in [2.45, 2.75) is 18.1 Å². The van der Waals surface area contributed by atoms with Gasteiger partial charge in [-0.25, -0.2) is 0 Å². The van der Waals surface area contributed by atoms with Gasteiger partial charge in [0.25, 0.3) is 5.91 Å². The molecule has 1 saturated heterocycles. The average molecular weight is 220 g/mol. The first kappa shape index (κ1) is 10.9. The number of carbonyl (C=O) groups excluding carboxylic acids is 1. The van der Waals surface area contributed by atoms with Crippen molar-refractivity contribution >= 4 is 29.3 Å². The summed E-state index contributed by atoms with van der Waals surface area (Å²) in [6, 6.07) is 0. The van der Waals surface area contributed by atoms with Crippen LogP contribution in [0.5, 0.6) is 0 Å². The highest BCUT2D eigenvalue weighted by molar-refractivity contribution is 7.99. The highest BCUT2D eigenvalue weighted by Gasteiger charge is 2.22. The van der Waals surface area contributed by atoms with Crippen molar-refractivity contribution in [3.05, 3.63) is 11.6 Å². The van der Waals surface area contributed by atoms with Crippen molar-refractivity contribution in [3.63, 3.8) is 0 Å². The molecule has 1 fully saturated rings. The number of piperidine rings is 1. The number of likely N-dealkylation sites (tertiary alicyclic amines) is 1. The van der Waals surface area contributed by atoms with Crippen LogP contribution in [0.3, 0.4) is 0 Å². The normalized spacial score (nSPS) is 18.8. The third-order valence-corrected chi connectivity index (χ3v) is 3.59. The molecule has 0 atom stereocenters. The van der Waals surface area contributed by atoms with Crippen molar-refractivity contribution in [2.75, 3.05) is 19.3 Å². The monoisotopic (exact) mass is 219 g/mol. The average Bonchev–Trinajstić information content (AvgIpc) is 2.17. The van der Waals surface area contributed by atoms with Gasteiger partial charge >= 0.3 is 0 Å². The Morgan fingerprint density at radius 3 is 2.46 bits per heavy atom. The van der Waals surface area contributed by atoms with Gasteiger partial charge in [-0.05, 0) is 19.1 Å². The van der Waals surface area contributed by atoms with Gasteiger partial charge in [-0.15, -0.1) is 0 Å². The predicted molar refractivity (Wildman–Crippen MR) is 58.1 cm³/mol. The maximum atomic E-state index is 11.4. The highest BCUT2D eigenvalue weighted by Crippen LogP contribution is 2.21. The number of hydrogen-bond acceptors (Lipinski definition) is 2. The number of amides is 1. The van der Waals surface area contributed by atoms with Crippen LogP contribution in [0.25, 0.3) is 0 Å². The zero-order valence-corrected chi connectivity index (χ0v) is 9.33. The molecule has 1 aliphatic heterocycles. The number of hydrogen-bond donors (Lipinski definition) is 0. The number of rotatable bonds is 2. The summed E-state index contributed by atoms with van der Waals surface area (Å²) in [6.07, 6.45) is 4.25. The van der Waals surface area contributed by atoms with Crippen molar-refractivity contribution < 1.29 is 4.79 Å². The van der Waals surface area contributed by atoms with E-state index in [1.54, 1.807) is 4.90 Å². The van der Waals surface area contributed by atoms with Gasteiger partial charge in [-0.3, -0.25) is 4.79 Å². The molecule has 2 nitrogen and oxygen atoms in total. The van der Waals surface area contributed by atoms with E-state index in [9.17, 15) is 4.79 Å². The van der Waals surface area contributed by atoms with E-state index in [2.05, 4.69) is 12.8 Å². The second-order valence-electron chi connectivity index (χ2n) is 3.13. The fraction of sp³-hybridized carbons (Fsp3) is 0.667. The van der Waals surface area contributed by atoms with Gasteiger partial charge in [-0.1, -0.05) is 18.2 Å². The van der Waals surface area contributed by atoms with Crippen LogP contribution in [-0.2, 0) is 4.79 Å². The highest BCUT2D eigenvalue weighted by atomic mass is 35.5. The minimum Gasteiger partial charge on any atom is -0.338 e. The minimum atomic E-state index is -0.110. The van der Waals surface area contributed by atoms with Crippen LogP contribution in [0.15, 0.2) is 11.6 Å². The van der Waals surface area contributed by atoms with E-state index in [4.69, 9.17) is 11.6 Å². The molecule has 0 aromatic carbocycles. The first-order valence-corrected chi connectivity index (χ1v) is 5.98. The van der Waals surface area contributed by atoms with Crippen molar-refractivity contribution in [1.29, 1.82) is 0 Å². The van der Waals surface area contributed by atoms with Crippen molar-refractivity contribution in [3.8, 4) is 0 Å². The fourth-order valence-corrected chi connectivity index (χ4v) is 2.27. The molecule has 1 aliphatic rings. The molecule has 1 amide bonds. The quantitative estimate of drug-likeness (QED) is 0.663. The Morgan fingerprint density at radius 2 is 2.08 bits per heavy atom. The van der Waals surface area contributed by atoms with Crippen LogP contribution >= 0.6 is 23.4 Å². The Kier molecular flexibility index (Phi) is 4.13. The van der Waals surface area contributed by atoms with Crippen molar-refractivity contribution in [1.82, 2.24) is 4.90 Å². The van der Waals surface area contributed by atoms with Crippen LogP contribution in [-0.4, -0.2) is 35.4 Å². The number of carbonyl (C=O) groups is 1. The zero-order valence-electron chi connectivity index (χ0n) is 7.75. The largest absolute Gasteiger partial charge is 0.338 e. The van der Waals surface area contributed by atoms with Gasteiger partial charge in [0.1, 0.15) is 0 Å². The zero-order chi connectivity index (χ0) is 9.84. The lowest BCUT2D eigenvalue weighted by molar-refractivity contribution is -0.127. The lowest BCUT2D eigenvalue weighted by Gasteiger charge is -2.30. The second-order valence-corrected chi connectivity index (χ2v) is 4.73. The maximum Gasteiger partial charge on any atom is 0.264 e. The molecule has 13 heavy (non-hydrogen) atoms. The van der Waals surface area contributed by atoms with Gasteiger partial charge in [0.05, 0.1) is 5.03 Å². The second kappa shape index (κ2) is 4.91. The first-order valence-electron chi connectivity index (χ1n) is 4.31. The van der Waals surface area contributed by atoms with E-state index in [1.807, 2.05) is 11.8 Å². The molecule has 4 heteroatoms. The Bertz CT molecular complexity index is 212.